The quantitative estimate of drug-likeness (QED) is 0.867. The van der Waals surface area contributed by atoms with E-state index in [1.54, 1.807) is 22.7 Å². The average Bonchev–Trinajstić information content (AvgIpc) is 2.77. The normalized spacial score (nSPS) is 10.6. The number of rotatable bonds is 4. The summed E-state index contributed by atoms with van der Waals surface area (Å²) < 4.78 is 0. The van der Waals surface area contributed by atoms with E-state index in [9.17, 15) is 0 Å². The average molecular weight is 225 g/mol. The molecule has 0 atom stereocenters. The van der Waals surface area contributed by atoms with Gasteiger partial charge in [0.2, 0.25) is 0 Å². The van der Waals surface area contributed by atoms with Gasteiger partial charge in [0, 0.05) is 29.5 Å². The Balaban J connectivity index is 1.78. The van der Waals surface area contributed by atoms with Crippen LogP contribution in [0.3, 0.4) is 0 Å². The summed E-state index contributed by atoms with van der Waals surface area (Å²) in [6.45, 7) is 3.74. The molecule has 2 aromatic heterocycles. The van der Waals surface area contributed by atoms with E-state index in [0.717, 1.165) is 23.8 Å². The number of nitrogens with one attached hydrogen (secondary N) is 1. The number of hydrogen-bond donors (Lipinski definition) is 1. The van der Waals surface area contributed by atoms with Gasteiger partial charge in [0.25, 0.3) is 0 Å². The lowest BCUT2D eigenvalue weighted by Crippen LogP contribution is -2.11. The molecule has 0 aromatic carbocycles. The molecule has 0 amide bonds. The lowest BCUT2D eigenvalue weighted by Gasteiger charge is -1.98. The largest absolute Gasteiger partial charge is 0.306 e. The van der Waals surface area contributed by atoms with Gasteiger partial charge in [-0.15, -0.1) is 22.7 Å². The van der Waals surface area contributed by atoms with Crippen LogP contribution in [-0.2, 0) is 13.1 Å². The van der Waals surface area contributed by atoms with Crippen LogP contribution in [0.15, 0.2) is 17.1 Å². The van der Waals surface area contributed by atoms with Crippen LogP contribution in [-0.4, -0.2) is 9.97 Å². The van der Waals surface area contributed by atoms with E-state index in [-0.39, 0.29) is 0 Å². The fraction of sp³-hybridized carbons (Fsp3) is 0.333. The molecule has 0 radical (unpaired) electrons. The standard InChI is InChI=1S/C9H11N3S2/c1-7-12-8(5-13-7)2-10-3-9-4-11-6-14-9/h4-6,10H,2-3H2,1H3. The van der Waals surface area contributed by atoms with Crippen molar-refractivity contribution in [3.63, 3.8) is 0 Å². The SMILES string of the molecule is Cc1nc(CNCc2cncs2)cs1. The third-order valence-corrected chi connectivity index (χ3v) is 3.36. The Morgan fingerprint density at radius 1 is 1.36 bits per heavy atom. The van der Waals surface area contributed by atoms with Gasteiger partial charge in [-0.05, 0) is 6.92 Å². The molecule has 1 N–H and O–H groups in total. The van der Waals surface area contributed by atoms with E-state index in [2.05, 4.69) is 20.7 Å². The van der Waals surface area contributed by atoms with Crippen LogP contribution in [0.1, 0.15) is 15.6 Å². The summed E-state index contributed by atoms with van der Waals surface area (Å²) in [4.78, 5) is 9.65. The van der Waals surface area contributed by atoms with Gasteiger partial charge in [0.15, 0.2) is 0 Å². The number of hydrogen-bond acceptors (Lipinski definition) is 5. The summed E-state index contributed by atoms with van der Waals surface area (Å²) in [6, 6.07) is 0. The molecule has 3 nitrogen and oxygen atoms in total. The zero-order valence-electron chi connectivity index (χ0n) is 7.86. The Labute approximate surface area is 90.9 Å². The van der Waals surface area contributed by atoms with Crippen LogP contribution in [0.2, 0.25) is 0 Å². The summed E-state index contributed by atoms with van der Waals surface area (Å²) in [5, 5.41) is 6.55. The Hall–Kier alpha value is -0.780. The van der Waals surface area contributed by atoms with Gasteiger partial charge < -0.3 is 5.32 Å². The van der Waals surface area contributed by atoms with Crippen molar-refractivity contribution >= 4 is 22.7 Å². The highest BCUT2D eigenvalue weighted by atomic mass is 32.1. The molecule has 0 saturated heterocycles. The molecule has 2 aromatic rings. The van der Waals surface area contributed by atoms with Crippen LogP contribution >= 0.6 is 22.7 Å². The topological polar surface area (TPSA) is 37.8 Å². The van der Waals surface area contributed by atoms with Crippen LogP contribution in [0.4, 0.5) is 0 Å². The molecule has 0 aliphatic rings. The molecule has 0 bridgehead atoms. The molecule has 2 heterocycles. The van der Waals surface area contributed by atoms with Crippen molar-refractivity contribution in [2.45, 2.75) is 20.0 Å². The molecule has 14 heavy (non-hydrogen) atoms. The zero-order valence-corrected chi connectivity index (χ0v) is 9.49. The predicted molar refractivity (Wildman–Crippen MR) is 59.5 cm³/mol. The first-order chi connectivity index (χ1) is 6.84. The molecule has 2 rings (SSSR count). The van der Waals surface area contributed by atoms with Crippen molar-refractivity contribution in [2.24, 2.45) is 0 Å². The number of nitrogens with zero attached hydrogens (tertiary/aromatic N) is 2. The minimum atomic E-state index is 0.836. The van der Waals surface area contributed by atoms with Gasteiger partial charge in [-0.25, -0.2) is 4.98 Å². The lowest BCUT2D eigenvalue weighted by molar-refractivity contribution is 0.688. The predicted octanol–water partition coefficient (Wildman–Crippen LogP) is 2.20. The molecular weight excluding hydrogens is 214 g/mol. The summed E-state index contributed by atoms with van der Waals surface area (Å²) in [7, 11) is 0. The van der Waals surface area contributed by atoms with Crippen molar-refractivity contribution in [1.82, 2.24) is 15.3 Å². The number of aryl methyl sites for hydroxylation is 1. The number of aromatic nitrogens is 2. The van der Waals surface area contributed by atoms with E-state index in [0.29, 0.717) is 0 Å². The van der Waals surface area contributed by atoms with E-state index < -0.39 is 0 Å². The maximum absolute atomic E-state index is 4.37. The van der Waals surface area contributed by atoms with Crippen LogP contribution < -0.4 is 5.32 Å². The van der Waals surface area contributed by atoms with Crippen molar-refractivity contribution in [3.8, 4) is 0 Å². The summed E-state index contributed by atoms with van der Waals surface area (Å²) in [6.07, 6.45) is 1.89. The maximum Gasteiger partial charge on any atom is 0.0897 e. The fourth-order valence-electron chi connectivity index (χ4n) is 1.13. The lowest BCUT2D eigenvalue weighted by atomic mass is 10.4. The van der Waals surface area contributed by atoms with E-state index in [4.69, 9.17) is 0 Å². The van der Waals surface area contributed by atoms with Crippen LogP contribution in [0, 0.1) is 6.92 Å². The van der Waals surface area contributed by atoms with Gasteiger partial charge in [-0.3, -0.25) is 4.98 Å². The van der Waals surface area contributed by atoms with Gasteiger partial charge in [0.05, 0.1) is 16.2 Å². The number of thiazole rings is 2. The van der Waals surface area contributed by atoms with Crippen molar-refractivity contribution in [3.05, 3.63) is 32.7 Å². The Morgan fingerprint density at radius 2 is 2.29 bits per heavy atom. The second kappa shape index (κ2) is 4.63. The van der Waals surface area contributed by atoms with E-state index in [1.807, 2.05) is 18.6 Å². The monoisotopic (exact) mass is 225 g/mol. The summed E-state index contributed by atoms with van der Waals surface area (Å²) in [5.41, 5.74) is 2.97. The van der Waals surface area contributed by atoms with Crippen LogP contribution in [0.25, 0.3) is 0 Å². The molecule has 0 fully saturated rings. The molecule has 5 heteroatoms. The third kappa shape index (κ3) is 2.60. The van der Waals surface area contributed by atoms with E-state index >= 15 is 0 Å². The second-order valence-electron chi connectivity index (χ2n) is 2.93. The molecule has 0 aliphatic heterocycles. The second-order valence-corrected chi connectivity index (χ2v) is 4.96. The first kappa shape index (κ1) is 9.76. The minimum absolute atomic E-state index is 0.836. The highest BCUT2D eigenvalue weighted by Crippen LogP contribution is 2.08. The first-order valence-corrected chi connectivity index (χ1v) is 6.09. The highest BCUT2D eigenvalue weighted by Gasteiger charge is 1.98. The van der Waals surface area contributed by atoms with Gasteiger partial charge in [-0.2, -0.15) is 0 Å². The van der Waals surface area contributed by atoms with E-state index in [1.165, 1.54) is 4.88 Å². The Kier molecular flexibility index (Phi) is 3.23. The highest BCUT2D eigenvalue weighted by molar-refractivity contribution is 7.09. The Morgan fingerprint density at radius 3 is 2.93 bits per heavy atom. The van der Waals surface area contributed by atoms with Crippen molar-refractivity contribution in [1.29, 1.82) is 0 Å². The van der Waals surface area contributed by atoms with Gasteiger partial charge in [0.1, 0.15) is 0 Å². The smallest absolute Gasteiger partial charge is 0.0897 e. The zero-order chi connectivity index (χ0) is 9.80. The third-order valence-electron chi connectivity index (χ3n) is 1.76. The molecule has 0 spiro atoms. The maximum atomic E-state index is 4.37. The van der Waals surface area contributed by atoms with Gasteiger partial charge in [-0.1, -0.05) is 0 Å². The first-order valence-electron chi connectivity index (χ1n) is 4.33. The molecule has 0 saturated carbocycles. The fourth-order valence-corrected chi connectivity index (χ4v) is 2.31. The molecule has 0 aliphatic carbocycles. The summed E-state index contributed by atoms with van der Waals surface area (Å²) >= 11 is 3.36. The molecular formula is C9H11N3S2. The van der Waals surface area contributed by atoms with Gasteiger partial charge >= 0.3 is 0 Å². The van der Waals surface area contributed by atoms with Crippen molar-refractivity contribution < 1.29 is 0 Å². The molecule has 74 valence electrons. The van der Waals surface area contributed by atoms with Crippen LogP contribution in [0.5, 0.6) is 0 Å². The Bertz CT molecular complexity index is 380. The minimum Gasteiger partial charge on any atom is -0.306 e. The van der Waals surface area contributed by atoms with Crippen molar-refractivity contribution in [2.75, 3.05) is 0 Å². The molecule has 0 unspecified atom stereocenters. The summed E-state index contributed by atoms with van der Waals surface area (Å²) in [5.74, 6) is 0.